The first kappa shape index (κ1) is 13.0. The third-order valence-electron chi connectivity index (χ3n) is 3.04. The number of nitrogens with two attached hydrogens (primary N) is 1. The summed E-state index contributed by atoms with van der Waals surface area (Å²) < 4.78 is 1.55. The zero-order valence-corrected chi connectivity index (χ0v) is 11.1. The molecule has 0 aliphatic carbocycles. The molecule has 0 radical (unpaired) electrons. The molecule has 1 saturated heterocycles. The van der Waals surface area contributed by atoms with Gasteiger partial charge in [-0.15, -0.1) is 0 Å². The molecule has 10 nitrogen and oxygen atoms in total. The Morgan fingerprint density at radius 1 is 1.29 bits per heavy atom. The molecule has 0 aromatic carbocycles. The number of hydrogen-bond donors (Lipinski definition) is 2. The van der Waals surface area contributed by atoms with E-state index in [0.717, 1.165) is 0 Å². The SMILES string of the molecule is CC1C(=O)NC(=O)CN1c1nc(N)nc(-n2ccnc2)n1. The van der Waals surface area contributed by atoms with E-state index < -0.39 is 17.9 Å². The van der Waals surface area contributed by atoms with Crippen molar-refractivity contribution in [2.24, 2.45) is 0 Å². The Hall–Kier alpha value is -3.04. The maximum absolute atomic E-state index is 11.7. The van der Waals surface area contributed by atoms with Gasteiger partial charge in [0.1, 0.15) is 18.9 Å². The zero-order chi connectivity index (χ0) is 15.0. The molecule has 1 atom stereocenters. The number of imidazole rings is 1. The Morgan fingerprint density at radius 3 is 2.76 bits per heavy atom. The van der Waals surface area contributed by atoms with E-state index in [1.165, 1.54) is 11.2 Å². The van der Waals surface area contributed by atoms with Gasteiger partial charge < -0.3 is 10.6 Å². The van der Waals surface area contributed by atoms with Crippen molar-refractivity contribution >= 4 is 23.7 Å². The summed E-state index contributed by atoms with van der Waals surface area (Å²) in [5.41, 5.74) is 5.68. The van der Waals surface area contributed by atoms with Crippen LogP contribution in [-0.2, 0) is 9.59 Å². The van der Waals surface area contributed by atoms with E-state index in [-0.39, 0.29) is 24.4 Å². The number of aromatic nitrogens is 5. The number of hydrogen-bond acceptors (Lipinski definition) is 8. The fraction of sp³-hybridized carbons (Fsp3) is 0.273. The summed E-state index contributed by atoms with van der Waals surface area (Å²) in [6.07, 6.45) is 4.73. The molecular formula is C11H12N8O2. The normalized spacial score (nSPS) is 18.7. The molecule has 1 unspecified atom stereocenters. The van der Waals surface area contributed by atoms with Crippen molar-refractivity contribution in [2.45, 2.75) is 13.0 Å². The molecule has 2 aromatic rings. The van der Waals surface area contributed by atoms with Crippen molar-refractivity contribution in [1.29, 1.82) is 0 Å². The molecule has 2 aromatic heterocycles. The van der Waals surface area contributed by atoms with Crippen molar-refractivity contribution in [3.8, 4) is 5.95 Å². The van der Waals surface area contributed by atoms with Gasteiger partial charge >= 0.3 is 0 Å². The van der Waals surface area contributed by atoms with Gasteiger partial charge in [-0.3, -0.25) is 19.5 Å². The van der Waals surface area contributed by atoms with Crippen LogP contribution >= 0.6 is 0 Å². The van der Waals surface area contributed by atoms with Crippen molar-refractivity contribution in [2.75, 3.05) is 17.2 Å². The summed E-state index contributed by atoms with van der Waals surface area (Å²) in [5, 5.41) is 2.25. The Bertz CT molecular complexity index is 698. The maximum Gasteiger partial charge on any atom is 0.249 e. The number of rotatable bonds is 2. The minimum atomic E-state index is -0.583. The van der Waals surface area contributed by atoms with Crippen LogP contribution in [0.2, 0.25) is 0 Å². The number of piperazine rings is 1. The second kappa shape index (κ2) is 4.81. The first-order chi connectivity index (χ1) is 10.0. The van der Waals surface area contributed by atoms with Gasteiger partial charge in [0, 0.05) is 12.4 Å². The minimum Gasteiger partial charge on any atom is -0.368 e. The van der Waals surface area contributed by atoms with Crippen molar-refractivity contribution in [1.82, 2.24) is 29.8 Å². The number of anilines is 2. The molecule has 0 saturated carbocycles. The second-order valence-corrected chi connectivity index (χ2v) is 4.48. The standard InChI is InChI=1S/C11H12N8O2/c1-6-8(21)14-7(20)4-19(6)11-16-9(12)15-10(17-11)18-3-2-13-5-18/h2-3,5-6H,4H2,1H3,(H,14,20,21)(H2,12,15,16,17). The number of imide groups is 1. The average Bonchev–Trinajstić information content (AvgIpc) is 2.96. The van der Waals surface area contributed by atoms with Crippen LogP contribution in [-0.4, -0.2) is 48.9 Å². The highest BCUT2D eigenvalue weighted by atomic mass is 16.2. The van der Waals surface area contributed by atoms with Gasteiger partial charge in [-0.1, -0.05) is 0 Å². The third kappa shape index (κ3) is 2.38. The van der Waals surface area contributed by atoms with Crippen LogP contribution in [0.1, 0.15) is 6.92 Å². The molecule has 1 fully saturated rings. The fourth-order valence-corrected chi connectivity index (χ4v) is 1.95. The third-order valence-corrected chi connectivity index (χ3v) is 3.04. The summed E-state index contributed by atoms with van der Waals surface area (Å²) in [5.74, 6) is -0.396. The lowest BCUT2D eigenvalue weighted by atomic mass is 10.2. The molecule has 3 heterocycles. The molecule has 3 N–H and O–H groups in total. The molecule has 3 rings (SSSR count). The van der Waals surface area contributed by atoms with E-state index in [1.54, 1.807) is 23.9 Å². The summed E-state index contributed by atoms with van der Waals surface area (Å²) in [4.78, 5) is 40.8. The number of amides is 2. The fourth-order valence-electron chi connectivity index (χ4n) is 1.95. The molecular weight excluding hydrogens is 276 g/mol. The second-order valence-electron chi connectivity index (χ2n) is 4.48. The molecule has 2 amide bonds. The number of nitrogen functional groups attached to an aromatic ring is 1. The summed E-state index contributed by atoms with van der Waals surface area (Å²) in [6, 6.07) is -0.583. The Balaban J connectivity index is 2.02. The monoisotopic (exact) mass is 288 g/mol. The predicted molar refractivity (Wildman–Crippen MR) is 71.3 cm³/mol. The lowest BCUT2D eigenvalue weighted by Gasteiger charge is -2.31. The van der Waals surface area contributed by atoms with Crippen LogP contribution in [0.3, 0.4) is 0 Å². The van der Waals surface area contributed by atoms with Crippen molar-refractivity contribution < 1.29 is 9.59 Å². The van der Waals surface area contributed by atoms with Gasteiger partial charge in [-0.05, 0) is 6.92 Å². The topological polar surface area (TPSA) is 132 Å². The number of carbonyl (C=O) groups is 2. The predicted octanol–water partition coefficient (Wildman–Crippen LogP) is -1.51. The lowest BCUT2D eigenvalue weighted by molar-refractivity contribution is -0.132. The number of nitrogens with zero attached hydrogens (tertiary/aromatic N) is 6. The quantitative estimate of drug-likeness (QED) is 0.637. The molecule has 1 aliphatic heterocycles. The van der Waals surface area contributed by atoms with Gasteiger partial charge in [0.2, 0.25) is 29.7 Å². The Kier molecular flexibility index (Phi) is 2.97. The minimum absolute atomic E-state index is 0.00525. The van der Waals surface area contributed by atoms with E-state index in [4.69, 9.17) is 5.73 Å². The summed E-state index contributed by atoms with van der Waals surface area (Å²) in [7, 11) is 0. The van der Waals surface area contributed by atoms with Crippen LogP contribution in [0.25, 0.3) is 5.95 Å². The Morgan fingerprint density at radius 2 is 2.05 bits per heavy atom. The van der Waals surface area contributed by atoms with E-state index in [0.29, 0.717) is 0 Å². The van der Waals surface area contributed by atoms with Crippen LogP contribution in [0.15, 0.2) is 18.7 Å². The average molecular weight is 288 g/mol. The number of carbonyl (C=O) groups excluding carboxylic acids is 2. The van der Waals surface area contributed by atoms with Crippen molar-refractivity contribution in [3.63, 3.8) is 0 Å². The molecule has 0 bridgehead atoms. The van der Waals surface area contributed by atoms with Crippen LogP contribution in [0.5, 0.6) is 0 Å². The molecule has 10 heteroatoms. The van der Waals surface area contributed by atoms with Crippen LogP contribution in [0.4, 0.5) is 11.9 Å². The number of nitrogens with one attached hydrogen (secondary N) is 1. The molecule has 21 heavy (non-hydrogen) atoms. The van der Waals surface area contributed by atoms with Gasteiger partial charge in [0.05, 0.1) is 0 Å². The highest BCUT2D eigenvalue weighted by Gasteiger charge is 2.32. The smallest absolute Gasteiger partial charge is 0.249 e. The highest BCUT2D eigenvalue weighted by molar-refractivity contribution is 6.04. The first-order valence-electron chi connectivity index (χ1n) is 6.15. The molecule has 0 spiro atoms. The molecule has 1 aliphatic rings. The highest BCUT2D eigenvalue weighted by Crippen LogP contribution is 2.16. The van der Waals surface area contributed by atoms with Gasteiger partial charge in [0.15, 0.2) is 0 Å². The molecule has 108 valence electrons. The van der Waals surface area contributed by atoms with Crippen LogP contribution < -0.4 is 16.0 Å². The van der Waals surface area contributed by atoms with Gasteiger partial charge in [-0.2, -0.15) is 15.0 Å². The first-order valence-corrected chi connectivity index (χ1v) is 6.15. The summed E-state index contributed by atoms with van der Waals surface area (Å²) >= 11 is 0. The van der Waals surface area contributed by atoms with E-state index >= 15 is 0 Å². The van der Waals surface area contributed by atoms with Crippen LogP contribution in [0, 0.1) is 0 Å². The largest absolute Gasteiger partial charge is 0.368 e. The Labute approximate surface area is 119 Å². The van der Waals surface area contributed by atoms with E-state index in [1.807, 2.05) is 0 Å². The van der Waals surface area contributed by atoms with Crippen molar-refractivity contribution in [3.05, 3.63) is 18.7 Å². The maximum atomic E-state index is 11.7. The van der Waals surface area contributed by atoms with E-state index in [2.05, 4.69) is 25.3 Å². The van der Waals surface area contributed by atoms with Gasteiger partial charge in [0.25, 0.3) is 0 Å². The lowest BCUT2D eigenvalue weighted by Crippen LogP contribution is -2.57. The van der Waals surface area contributed by atoms with Gasteiger partial charge in [-0.25, -0.2) is 4.98 Å². The van der Waals surface area contributed by atoms with E-state index in [9.17, 15) is 9.59 Å². The zero-order valence-electron chi connectivity index (χ0n) is 11.1. The summed E-state index contributed by atoms with van der Waals surface area (Å²) in [6.45, 7) is 1.62.